The standard InChI is InChI=1S/C36H76N2O4/c1-3-5-7-9-11-13-15-17-19-21-23-25-27-29-32(36(38,42)31-39)34(40)35(41)33(37)30-28-26-24-22-20-18-16-14-12-10-8-6-4-2/h32-35,39-42H,3-31,37-38H2,1-2H3. The van der Waals surface area contributed by atoms with Gasteiger partial charge in [-0.15, -0.1) is 0 Å². The van der Waals surface area contributed by atoms with Crippen molar-refractivity contribution in [3.05, 3.63) is 0 Å². The molecule has 42 heavy (non-hydrogen) atoms. The Labute approximate surface area is 261 Å². The first-order chi connectivity index (χ1) is 20.3. The van der Waals surface area contributed by atoms with Crippen LogP contribution in [0, 0.1) is 5.92 Å². The van der Waals surface area contributed by atoms with Gasteiger partial charge in [-0.05, 0) is 12.8 Å². The van der Waals surface area contributed by atoms with Crippen molar-refractivity contribution in [2.45, 2.75) is 218 Å². The molecule has 0 saturated carbocycles. The van der Waals surface area contributed by atoms with Crippen LogP contribution in [0.15, 0.2) is 0 Å². The van der Waals surface area contributed by atoms with Crippen molar-refractivity contribution in [2.24, 2.45) is 17.4 Å². The van der Waals surface area contributed by atoms with Crippen LogP contribution in [0.2, 0.25) is 0 Å². The van der Waals surface area contributed by atoms with E-state index in [0.29, 0.717) is 12.8 Å². The van der Waals surface area contributed by atoms with Gasteiger partial charge in [0.05, 0.1) is 18.8 Å². The Morgan fingerprint density at radius 2 is 0.762 bits per heavy atom. The second-order valence-corrected chi connectivity index (χ2v) is 13.5. The summed E-state index contributed by atoms with van der Waals surface area (Å²) in [6, 6.07) is -0.573. The van der Waals surface area contributed by atoms with E-state index in [1.165, 1.54) is 135 Å². The topological polar surface area (TPSA) is 133 Å². The molecule has 0 aromatic rings. The Morgan fingerprint density at radius 3 is 1.07 bits per heavy atom. The molecule has 0 aromatic carbocycles. The van der Waals surface area contributed by atoms with Gasteiger partial charge >= 0.3 is 0 Å². The highest BCUT2D eigenvalue weighted by molar-refractivity contribution is 4.91. The molecular weight excluding hydrogens is 524 g/mol. The lowest BCUT2D eigenvalue weighted by Crippen LogP contribution is -2.59. The van der Waals surface area contributed by atoms with E-state index >= 15 is 0 Å². The highest BCUT2D eigenvalue weighted by Crippen LogP contribution is 2.27. The number of nitrogens with two attached hydrogens (primary N) is 2. The summed E-state index contributed by atoms with van der Waals surface area (Å²) in [6.07, 6.45) is 31.3. The summed E-state index contributed by atoms with van der Waals surface area (Å²) >= 11 is 0. The number of aliphatic hydroxyl groups is 4. The van der Waals surface area contributed by atoms with Gasteiger partial charge in [-0.25, -0.2) is 0 Å². The molecule has 6 nitrogen and oxygen atoms in total. The largest absolute Gasteiger partial charge is 0.392 e. The van der Waals surface area contributed by atoms with Crippen LogP contribution in [-0.2, 0) is 0 Å². The van der Waals surface area contributed by atoms with Crippen LogP contribution in [0.5, 0.6) is 0 Å². The summed E-state index contributed by atoms with van der Waals surface area (Å²) in [5, 5.41) is 42.0. The maximum absolute atomic E-state index is 10.9. The first kappa shape index (κ1) is 41.8. The van der Waals surface area contributed by atoms with E-state index in [4.69, 9.17) is 11.5 Å². The van der Waals surface area contributed by atoms with Crippen LogP contribution >= 0.6 is 0 Å². The van der Waals surface area contributed by atoms with E-state index in [0.717, 1.165) is 32.1 Å². The van der Waals surface area contributed by atoms with E-state index in [1.807, 2.05) is 0 Å². The molecule has 0 saturated heterocycles. The summed E-state index contributed by atoms with van der Waals surface area (Å²) in [7, 11) is 0. The average molecular weight is 601 g/mol. The molecule has 5 atom stereocenters. The van der Waals surface area contributed by atoms with Gasteiger partial charge in [0, 0.05) is 12.0 Å². The van der Waals surface area contributed by atoms with E-state index in [1.54, 1.807) is 0 Å². The summed E-state index contributed by atoms with van der Waals surface area (Å²) in [5.41, 5.74) is 10.3. The predicted molar refractivity (Wildman–Crippen MR) is 180 cm³/mol. The van der Waals surface area contributed by atoms with Crippen molar-refractivity contribution in [1.82, 2.24) is 0 Å². The quantitative estimate of drug-likeness (QED) is 0.0332. The molecule has 5 unspecified atom stereocenters. The Hall–Kier alpha value is -0.240. The van der Waals surface area contributed by atoms with Crippen molar-refractivity contribution in [3.8, 4) is 0 Å². The average Bonchev–Trinajstić information content (AvgIpc) is 2.98. The fourth-order valence-corrected chi connectivity index (χ4v) is 6.28. The second-order valence-electron chi connectivity index (χ2n) is 13.5. The third-order valence-electron chi connectivity index (χ3n) is 9.36. The third-order valence-corrected chi connectivity index (χ3v) is 9.36. The smallest absolute Gasteiger partial charge is 0.142 e. The van der Waals surface area contributed by atoms with Crippen LogP contribution in [0.3, 0.4) is 0 Å². The fourth-order valence-electron chi connectivity index (χ4n) is 6.28. The zero-order valence-electron chi connectivity index (χ0n) is 28.3. The molecule has 254 valence electrons. The SMILES string of the molecule is CCCCCCCCCCCCCCCC(N)C(O)C(O)C(CCCCCCCCCCCCCCC)C(N)(O)CO. The maximum Gasteiger partial charge on any atom is 0.142 e. The molecule has 0 rings (SSSR count). The van der Waals surface area contributed by atoms with E-state index in [9.17, 15) is 20.4 Å². The van der Waals surface area contributed by atoms with Crippen molar-refractivity contribution in [2.75, 3.05) is 6.61 Å². The zero-order chi connectivity index (χ0) is 31.3. The Morgan fingerprint density at radius 1 is 0.476 bits per heavy atom. The van der Waals surface area contributed by atoms with E-state index < -0.39 is 36.5 Å². The van der Waals surface area contributed by atoms with Gasteiger partial charge in [0.15, 0.2) is 0 Å². The molecule has 0 aromatic heterocycles. The van der Waals surface area contributed by atoms with Crippen LogP contribution in [0.25, 0.3) is 0 Å². The molecule has 0 fully saturated rings. The van der Waals surface area contributed by atoms with Crippen LogP contribution in [0.1, 0.15) is 194 Å². The highest BCUT2D eigenvalue weighted by atomic mass is 16.4. The number of hydrogen-bond donors (Lipinski definition) is 6. The predicted octanol–water partition coefficient (Wildman–Crippen LogP) is 8.25. The number of aliphatic hydroxyl groups excluding tert-OH is 3. The molecule has 0 aliphatic rings. The Balaban J connectivity index is 4.08. The molecule has 6 heteroatoms. The minimum absolute atomic E-state index is 0.453. The summed E-state index contributed by atoms with van der Waals surface area (Å²) in [6.45, 7) is 3.86. The maximum atomic E-state index is 10.9. The summed E-state index contributed by atoms with van der Waals surface area (Å²) < 4.78 is 0. The lowest BCUT2D eigenvalue weighted by molar-refractivity contribution is -0.132. The molecule has 0 bridgehead atoms. The van der Waals surface area contributed by atoms with Gasteiger partial charge < -0.3 is 31.9 Å². The molecule has 8 N–H and O–H groups in total. The van der Waals surface area contributed by atoms with Gasteiger partial charge in [-0.3, -0.25) is 0 Å². The summed E-state index contributed by atoms with van der Waals surface area (Å²) in [4.78, 5) is 0. The molecule has 0 radical (unpaired) electrons. The minimum Gasteiger partial charge on any atom is -0.392 e. The first-order valence-corrected chi connectivity index (χ1v) is 18.6. The molecule has 0 amide bonds. The van der Waals surface area contributed by atoms with Gasteiger partial charge in [0.2, 0.25) is 0 Å². The first-order valence-electron chi connectivity index (χ1n) is 18.6. The van der Waals surface area contributed by atoms with E-state index in [2.05, 4.69) is 13.8 Å². The normalized spacial score (nSPS) is 16.3. The Bertz CT molecular complexity index is 548. The van der Waals surface area contributed by atoms with Crippen molar-refractivity contribution in [3.63, 3.8) is 0 Å². The third kappa shape index (κ3) is 23.2. The molecule has 0 aliphatic carbocycles. The molecule has 0 aliphatic heterocycles. The van der Waals surface area contributed by atoms with Crippen molar-refractivity contribution in [1.29, 1.82) is 0 Å². The number of hydrogen-bond acceptors (Lipinski definition) is 6. The second kappa shape index (κ2) is 29.5. The number of rotatable bonds is 33. The van der Waals surface area contributed by atoms with Crippen molar-refractivity contribution < 1.29 is 20.4 Å². The van der Waals surface area contributed by atoms with Gasteiger partial charge in [0.25, 0.3) is 0 Å². The van der Waals surface area contributed by atoms with Crippen molar-refractivity contribution >= 4 is 0 Å². The van der Waals surface area contributed by atoms with Crippen LogP contribution in [-0.4, -0.2) is 51.0 Å². The summed E-state index contributed by atoms with van der Waals surface area (Å²) in [5.74, 6) is -0.817. The lowest BCUT2D eigenvalue weighted by atomic mass is 9.81. The molecular formula is C36H76N2O4. The highest BCUT2D eigenvalue weighted by Gasteiger charge is 2.41. The van der Waals surface area contributed by atoms with Gasteiger partial charge in [-0.2, -0.15) is 0 Å². The van der Waals surface area contributed by atoms with Crippen LogP contribution < -0.4 is 11.5 Å². The zero-order valence-corrected chi connectivity index (χ0v) is 28.3. The Kier molecular flexibility index (Phi) is 29.3. The van der Waals surface area contributed by atoms with Gasteiger partial charge in [-0.1, -0.05) is 181 Å². The van der Waals surface area contributed by atoms with E-state index in [-0.39, 0.29) is 0 Å². The minimum atomic E-state index is -1.94. The molecule has 0 spiro atoms. The lowest BCUT2D eigenvalue weighted by Gasteiger charge is -2.38. The fraction of sp³-hybridized carbons (Fsp3) is 1.00. The monoisotopic (exact) mass is 601 g/mol. The van der Waals surface area contributed by atoms with Gasteiger partial charge in [0.1, 0.15) is 5.72 Å². The number of unbranched alkanes of at least 4 members (excludes halogenated alkanes) is 24. The molecule has 0 heterocycles. The van der Waals surface area contributed by atoms with Crippen LogP contribution in [0.4, 0.5) is 0 Å².